The summed E-state index contributed by atoms with van der Waals surface area (Å²) < 4.78 is 41.5. The van der Waals surface area contributed by atoms with Crippen LogP contribution >= 0.6 is 30.1 Å². The first-order valence-electron chi connectivity index (χ1n) is 30.2. The third-order valence-corrected chi connectivity index (χ3v) is 19.1. The summed E-state index contributed by atoms with van der Waals surface area (Å²) in [6.45, 7) is 18.7. The van der Waals surface area contributed by atoms with Crippen LogP contribution in [-0.2, 0) is 62.1 Å². The number of carbonyl (C=O) groups is 4. The first-order chi connectivity index (χ1) is 41.7. The fourth-order valence-corrected chi connectivity index (χ4v) is 13.6. The van der Waals surface area contributed by atoms with Crippen molar-refractivity contribution >= 4 is 64.7 Å². The maximum Gasteiger partial charge on any atom is 0.246 e. The number of ether oxygens (including phenoxy) is 5. The van der Waals surface area contributed by atoms with Crippen LogP contribution in [0, 0.1) is 12.3 Å². The minimum absolute atomic E-state index is 0.00962. The molecule has 3 aliphatic rings. The van der Waals surface area contributed by atoms with E-state index in [4.69, 9.17) is 40.3 Å². The number of benzene rings is 3. The number of hydrogen-bond donors (Lipinski definition) is 3. The Bertz CT molecular complexity index is 3130. The van der Waals surface area contributed by atoms with Gasteiger partial charge in [-0.1, -0.05) is 87.0 Å². The highest BCUT2D eigenvalue weighted by Gasteiger charge is 2.44. The van der Waals surface area contributed by atoms with Gasteiger partial charge in [-0.15, -0.1) is 11.3 Å². The lowest BCUT2D eigenvalue weighted by atomic mass is 9.85. The molecule has 3 aliphatic heterocycles. The standard InChI is InChI=1S/C64H87ClN9O11PS/c1-44-60(87-43-68-44)46-14-12-45(13-15-46)40-67-62(78)54-39-51(75)42-74(54)63(79)61(64(2,3)4)70-58(76)20-28-82-30-32-84-34-35-85-33-31-83-29-21-59(77)73-26-24-72(25-27-73)49-18-22-71(23-19-49)50-17-16-47(55(38-50)81-5)37-57-66-41-52(65)53(69-57)36-48-10-8-9-11-56(48)86(6,7)80/h8-17,38,41,43,49,51,54,61,75H,18-37,39-40,42H2,1-7H3,(H,67,78)(H,70,76)/t51-,54+,61-/m1/s1. The number of nitrogens with zero attached hydrogens (tertiary/aromatic N) is 7. The number of anilines is 1. The van der Waals surface area contributed by atoms with Gasteiger partial charge in [-0.2, -0.15) is 0 Å². The molecule has 0 spiro atoms. The van der Waals surface area contributed by atoms with Crippen LogP contribution in [0.25, 0.3) is 10.4 Å². The highest BCUT2D eigenvalue weighted by Crippen LogP contribution is 2.37. The minimum Gasteiger partial charge on any atom is -0.496 e. The van der Waals surface area contributed by atoms with Crippen molar-refractivity contribution in [3.05, 3.63) is 117 Å². The van der Waals surface area contributed by atoms with Gasteiger partial charge in [0.25, 0.3) is 0 Å². The smallest absolute Gasteiger partial charge is 0.246 e. The molecule has 23 heteroatoms. The molecule has 3 aromatic carbocycles. The molecule has 87 heavy (non-hydrogen) atoms. The quantitative estimate of drug-likeness (QED) is 0.0332. The van der Waals surface area contributed by atoms with Crippen LogP contribution in [0.1, 0.15) is 86.8 Å². The Kier molecular flexibility index (Phi) is 24.7. The molecular weight excluding hydrogens is 1170 g/mol. The number of aromatic nitrogens is 3. The van der Waals surface area contributed by atoms with Gasteiger partial charge >= 0.3 is 0 Å². The van der Waals surface area contributed by atoms with Crippen LogP contribution in [0.3, 0.4) is 0 Å². The lowest BCUT2D eigenvalue weighted by Gasteiger charge is -2.43. The summed E-state index contributed by atoms with van der Waals surface area (Å²) in [7, 11) is -0.803. The van der Waals surface area contributed by atoms with Crippen molar-refractivity contribution in [1.82, 2.24) is 40.3 Å². The number of rotatable bonds is 29. The Morgan fingerprint density at radius 3 is 2.10 bits per heavy atom. The zero-order valence-electron chi connectivity index (χ0n) is 51.5. The second-order valence-electron chi connectivity index (χ2n) is 23.9. The van der Waals surface area contributed by atoms with Crippen molar-refractivity contribution in [3.63, 3.8) is 0 Å². The van der Waals surface area contributed by atoms with Gasteiger partial charge in [0.05, 0.1) is 99.3 Å². The van der Waals surface area contributed by atoms with Crippen molar-refractivity contribution in [2.24, 2.45) is 5.41 Å². The number of piperazine rings is 1. The molecule has 20 nitrogen and oxygen atoms in total. The third-order valence-electron chi connectivity index (χ3n) is 16.2. The van der Waals surface area contributed by atoms with Crippen molar-refractivity contribution in [2.75, 3.05) is 124 Å². The summed E-state index contributed by atoms with van der Waals surface area (Å²) in [6.07, 6.45) is 4.23. The zero-order valence-corrected chi connectivity index (χ0v) is 53.9. The van der Waals surface area contributed by atoms with E-state index in [1.54, 1.807) is 38.0 Å². The number of aliphatic hydroxyl groups excluding tert-OH is 1. The molecule has 5 heterocycles. The Labute approximate surface area is 521 Å². The van der Waals surface area contributed by atoms with Crippen molar-refractivity contribution in [3.8, 4) is 16.2 Å². The molecule has 4 amide bonds. The number of piperidine rings is 1. The summed E-state index contributed by atoms with van der Waals surface area (Å²) in [4.78, 5) is 76.7. The van der Waals surface area contributed by atoms with E-state index in [0.29, 0.717) is 94.6 Å². The molecule has 0 saturated carbocycles. The summed E-state index contributed by atoms with van der Waals surface area (Å²) in [5.41, 5.74) is 7.78. The molecular formula is C64H87ClN9O11PS. The third kappa shape index (κ3) is 19.3. The second-order valence-corrected chi connectivity index (χ2v) is 28.4. The number of thiazole rings is 1. The number of aryl methyl sites for hydroxylation is 1. The van der Waals surface area contributed by atoms with E-state index in [1.165, 1.54) is 4.90 Å². The van der Waals surface area contributed by atoms with Gasteiger partial charge in [0, 0.05) is 113 Å². The normalized spacial score (nSPS) is 17.4. The average molecular weight is 1260 g/mol. The maximum absolute atomic E-state index is 14.0. The summed E-state index contributed by atoms with van der Waals surface area (Å²) >= 11 is 8.16. The number of halogens is 1. The Morgan fingerprint density at radius 1 is 0.816 bits per heavy atom. The van der Waals surface area contributed by atoms with E-state index in [1.807, 2.05) is 86.6 Å². The molecule has 0 unspecified atom stereocenters. The van der Waals surface area contributed by atoms with Crippen LogP contribution in [-0.4, -0.2) is 202 Å². The summed E-state index contributed by atoms with van der Waals surface area (Å²) in [5.74, 6) is 0.360. The summed E-state index contributed by atoms with van der Waals surface area (Å²) in [5, 5.41) is 17.7. The lowest BCUT2D eigenvalue weighted by molar-refractivity contribution is -0.144. The zero-order chi connectivity index (χ0) is 62.1. The monoisotopic (exact) mass is 1260 g/mol. The van der Waals surface area contributed by atoms with E-state index in [9.17, 15) is 28.8 Å². The highest BCUT2D eigenvalue weighted by atomic mass is 35.5. The largest absolute Gasteiger partial charge is 0.496 e. The molecule has 0 aliphatic carbocycles. The minimum atomic E-state index is -2.49. The van der Waals surface area contributed by atoms with E-state index in [0.717, 1.165) is 88.6 Å². The van der Waals surface area contributed by atoms with Gasteiger partial charge in [-0.05, 0) is 61.3 Å². The fourth-order valence-electron chi connectivity index (χ4n) is 11.3. The van der Waals surface area contributed by atoms with Crippen LogP contribution in [0.2, 0.25) is 5.02 Å². The predicted octanol–water partition coefficient (Wildman–Crippen LogP) is 6.77. The van der Waals surface area contributed by atoms with Crippen LogP contribution in [0.5, 0.6) is 5.75 Å². The van der Waals surface area contributed by atoms with Crippen molar-refractivity contribution in [1.29, 1.82) is 0 Å². The van der Waals surface area contributed by atoms with Gasteiger partial charge in [0.2, 0.25) is 23.6 Å². The molecule has 472 valence electrons. The van der Waals surface area contributed by atoms with Crippen LogP contribution in [0.15, 0.2) is 78.4 Å². The molecule has 3 N–H and O–H groups in total. The lowest BCUT2D eigenvalue weighted by Crippen LogP contribution is -2.57. The number of hydrogen-bond acceptors (Lipinski definition) is 17. The Morgan fingerprint density at radius 2 is 1.47 bits per heavy atom. The number of β-amino-alcohol motifs (C(OH)–C–C–N with tert-alkyl or cyclic N) is 1. The predicted molar refractivity (Wildman–Crippen MR) is 339 cm³/mol. The van der Waals surface area contributed by atoms with Crippen LogP contribution < -0.4 is 25.6 Å². The topological polar surface area (TPSA) is 227 Å². The Balaban J connectivity index is 0.635. The Hall–Kier alpha value is -5.87. The van der Waals surface area contributed by atoms with Gasteiger partial charge in [-0.25, -0.2) is 15.0 Å². The molecule has 3 fully saturated rings. The fraction of sp³-hybridized carbons (Fsp3) is 0.547. The number of aliphatic hydroxyl groups is 1. The molecule has 2 aromatic heterocycles. The molecule has 3 saturated heterocycles. The van der Waals surface area contributed by atoms with E-state index >= 15 is 0 Å². The number of amides is 4. The average Bonchev–Trinajstić information content (AvgIpc) is 2.66. The van der Waals surface area contributed by atoms with E-state index < -0.39 is 36.7 Å². The molecule has 5 aromatic rings. The van der Waals surface area contributed by atoms with Gasteiger partial charge < -0.3 is 58.7 Å². The van der Waals surface area contributed by atoms with E-state index in [2.05, 4.69) is 48.6 Å². The number of methoxy groups -OCH3 is 1. The number of carbonyl (C=O) groups excluding carboxylic acids is 4. The first-order valence-corrected chi connectivity index (χ1v) is 34.0. The van der Waals surface area contributed by atoms with Gasteiger partial charge in [0.15, 0.2) is 0 Å². The second kappa shape index (κ2) is 32.0. The maximum atomic E-state index is 14.0. The summed E-state index contributed by atoms with van der Waals surface area (Å²) in [6, 6.07) is 20.6. The molecule has 0 bridgehead atoms. The molecule has 3 atom stereocenters. The van der Waals surface area contributed by atoms with Crippen LogP contribution in [0.4, 0.5) is 5.69 Å². The van der Waals surface area contributed by atoms with E-state index in [-0.39, 0.29) is 56.9 Å². The van der Waals surface area contributed by atoms with Crippen molar-refractivity contribution in [2.45, 2.75) is 103 Å². The SMILES string of the molecule is COc1cc(N2CCC(N3CCN(C(=O)CCOCCOCCOCCOCCC(=O)N[C@H](C(=O)N4C[C@H](O)C[C@H]4C(=O)NCc4ccc(-c5scnc5C)cc4)C(C)(C)C)CC3)CC2)ccc1Cc1ncc(Cl)c(Cc2ccccc2P(C)(C)=O)n1. The van der Waals surface area contributed by atoms with Gasteiger partial charge in [-0.3, -0.25) is 24.1 Å². The first kappa shape index (κ1) is 67.1. The number of nitrogens with one attached hydrogen (secondary N) is 2. The number of likely N-dealkylation sites (tertiary alicyclic amines) is 1. The molecule has 8 rings (SSSR count). The van der Waals surface area contributed by atoms with Crippen molar-refractivity contribution < 1.29 is 52.5 Å². The highest BCUT2D eigenvalue weighted by molar-refractivity contribution is 7.70. The van der Waals surface area contributed by atoms with Gasteiger partial charge in [0.1, 0.15) is 30.8 Å². The molecule has 0 radical (unpaired) electrons.